The van der Waals surface area contributed by atoms with E-state index in [1.165, 1.54) is 11.3 Å². The van der Waals surface area contributed by atoms with Gasteiger partial charge in [-0.3, -0.25) is 0 Å². The van der Waals surface area contributed by atoms with Crippen LogP contribution in [0.1, 0.15) is 5.56 Å². The summed E-state index contributed by atoms with van der Waals surface area (Å²) in [5.74, 6) is 0. The fourth-order valence-electron chi connectivity index (χ4n) is 0.875. The molecule has 2 rings (SSSR count). The van der Waals surface area contributed by atoms with E-state index in [0.717, 1.165) is 10.7 Å². The fraction of sp³-hybridized carbons (Fsp3) is 0.143. The topological polar surface area (TPSA) is 50.9 Å². The van der Waals surface area contributed by atoms with Gasteiger partial charge in [-0.1, -0.05) is 0 Å². The zero-order valence-corrected chi connectivity index (χ0v) is 7.03. The lowest BCUT2D eigenvalue weighted by atomic mass is 10.4. The van der Waals surface area contributed by atoms with E-state index in [2.05, 4.69) is 10.1 Å². The number of hydrogen-bond donors (Lipinski definition) is 1. The molecule has 12 heavy (non-hydrogen) atoms. The molecular weight excluding hydrogens is 174 g/mol. The summed E-state index contributed by atoms with van der Waals surface area (Å²) in [4.78, 5) is 4.07. The highest BCUT2D eigenvalue weighted by molar-refractivity contribution is 7.12. The van der Waals surface area contributed by atoms with E-state index >= 15 is 0 Å². The van der Waals surface area contributed by atoms with Gasteiger partial charge in [0.1, 0.15) is 0 Å². The van der Waals surface area contributed by atoms with E-state index < -0.39 is 0 Å². The van der Waals surface area contributed by atoms with Crippen LogP contribution < -0.4 is 0 Å². The van der Waals surface area contributed by atoms with Gasteiger partial charge in [-0.05, 0) is 0 Å². The summed E-state index contributed by atoms with van der Waals surface area (Å²) in [7, 11) is 0. The first-order valence-electron chi connectivity index (χ1n) is 3.44. The zero-order chi connectivity index (χ0) is 8.39. The van der Waals surface area contributed by atoms with Crippen LogP contribution in [0.15, 0.2) is 24.0 Å². The Morgan fingerprint density at radius 2 is 2.50 bits per heavy atom. The van der Waals surface area contributed by atoms with Gasteiger partial charge in [-0.25, -0.2) is 9.67 Å². The lowest BCUT2D eigenvalue weighted by Gasteiger charge is -1.90. The minimum absolute atomic E-state index is 0.0192. The number of hydrogen-bond acceptors (Lipinski definition) is 4. The van der Waals surface area contributed by atoms with E-state index in [4.69, 9.17) is 5.11 Å². The number of rotatable bonds is 2. The molecule has 0 aromatic carbocycles. The molecule has 5 heteroatoms. The summed E-state index contributed by atoms with van der Waals surface area (Å²) >= 11 is 1.51. The molecule has 0 spiro atoms. The largest absolute Gasteiger partial charge is 0.392 e. The molecule has 2 aromatic rings. The molecule has 2 heterocycles. The molecular formula is C7H7N3OS. The van der Waals surface area contributed by atoms with Crippen molar-refractivity contribution in [3.8, 4) is 5.13 Å². The Balaban J connectivity index is 2.35. The molecule has 0 aliphatic heterocycles. The molecule has 62 valence electrons. The smallest absolute Gasteiger partial charge is 0.210 e. The third-order valence-electron chi connectivity index (χ3n) is 1.43. The Morgan fingerprint density at radius 3 is 3.08 bits per heavy atom. The van der Waals surface area contributed by atoms with Crippen molar-refractivity contribution in [1.82, 2.24) is 14.8 Å². The molecule has 0 unspecified atom stereocenters. The Kier molecular flexibility index (Phi) is 1.89. The summed E-state index contributed by atoms with van der Waals surface area (Å²) in [6.45, 7) is 0.0192. The average Bonchev–Trinajstić information content (AvgIpc) is 2.75. The second-order valence-corrected chi connectivity index (χ2v) is 3.14. The molecule has 2 aromatic heterocycles. The molecule has 0 amide bonds. The Hall–Kier alpha value is -1.20. The van der Waals surface area contributed by atoms with Crippen LogP contribution in [0.4, 0.5) is 0 Å². The lowest BCUT2D eigenvalue weighted by molar-refractivity contribution is 0.282. The maximum atomic E-state index is 8.78. The van der Waals surface area contributed by atoms with Crippen molar-refractivity contribution in [3.05, 3.63) is 29.5 Å². The van der Waals surface area contributed by atoms with Gasteiger partial charge < -0.3 is 5.11 Å². The average molecular weight is 181 g/mol. The standard InChI is InChI=1S/C7H7N3OS/c11-5-6-3-9-10(4-6)7-8-1-2-12-7/h1-4,11H,5H2. The quantitative estimate of drug-likeness (QED) is 0.746. The molecule has 0 saturated heterocycles. The second kappa shape index (κ2) is 3.04. The third kappa shape index (κ3) is 1.24. The predicted molar refractivity (Wildman–Crippen MR) is 45.2 cm³/mol. The monoisotopic (exact) mass is 181 g/mol. The van der Waals surface area contributed by atoms with Gasteiger partial charge in [-0.2, -0.15) is 5.10 Å². The van der Waals surface area contributed by atoms with E-state index in [-0.39, 0.29) is 6.61 Å². The number of aliphatic hydroxyl groups excluding tert-OH is 1. The predicted octanol–water partition coefficient (Wildman–Crippen LogP) is 0.821. The summed E-state index contributed by atoms with van der Waals surface area (Å²) in [6, 6.07) is 0. The van der Waals surface area contributed by atoms with Gasteiger partial charge in [0, 0.05) is 23.3 Å². The first-order valence-corrected chi connectivity index (χ1v) is 4.32. The summed E-state index contributed by atoms with van der Waals surface area (Å²) in [5.41, 5.74) is 0.796. The first-order chi connectivity index (χ1) is 5.90. The molecule has 4 nitrogen and oxygen atoms in total. The van der Waals surface area contributed by atoms with Crippen LogP contribution in [-0.4, -0.2) is 19.9 Å². The maximum Gasteiger partial charge on any atom is 0.210 e. The van der Waals surface area contributed by atoms with Crippen LogP contribution in [0.5, 0.6) is 0 Å². The van der Waals surface area contributed by atoms with E-state index in [1.54, 1.807) is 23.3 Å². The molecule has 1 N–H and O–H groups in total. The molecule has 0 aliphatic carbocycles. The summed E-state index contributed by atoms with van der Waals surface area (Å²) < 4.78 is 1.65. The van der Waals surface area contributed by atoms with Gasteiger partial charge in [0.15, 0.2) is 0 Å². The van der Waals surface area contributed by atoms with E-state index in [1.807, 2.05) is 5.38 Å². The van der Waals surface area contributed by atoms with Gasteiger partial charge >= 0.3 is 0 Å². The van der Waals surface area contributed by atoms with Crippen LogP contribution in [0, 0.1) is 0 Å². The molecule has 0 radical (unpaired) electrons. The highest BCUT2D eigenvalue weighted by Crippen LogP contribution is 2.10. The van der Waals surface area contributed by atoms with Gasteiger partial charge in [0.25, 0.3) is 0 Å². The van der Waals surface area contributed by atoms with E-state index in [9.17, 15) is 0 Å². The van der Waals surface area contributed by atoms with Gasteiger partial charge in [0.05, 0.1) is 12.8 Å². The molecule has 0 atom stereocenters. The van der Waals surface area contributed by atoms with Crippen molar-refractivity contribution in [2.24, 2.45) is 0 Å². The normalized spacial score (nSPS) is 10.4. The van der Waals surface area contributed by atoms with Crippen molar-refractivity contribution in [1.29, 1.82) is 0 Å². The Labute approximate surface area is 73.1 Å². The molecule has 0 aliphatic rings. The highest BCUT2D eigenvalue weighted by Gasteiger charge is 2.00. The number of nitrogens with zero attached hydrogens (tertiary/aromatic N) is 3. The van der Waals surface area contributed by atoms with Gasteiger partial charge in [-0.15, -0.1) is 11.3 Å². The van der Waals surface area contributed by atoms with Crippen LogP contribution in [0.25, 0.3) is 5.13 Å². The summed E-state index contributed by atoms with van der Waals surface area (Å²) in [6.07, 6.45) is 5.11. The van der Waals surface area contributed by atoms with Crippen LogP contribution in [0.3, 0.4) is 0 Å². The van der Waals surface area contributed by atoms with Crippen molar-refractivity contribution < 1.29 is 5.11 Å². The van der Waals surface area contributed by atoms with Crippen molar-refractivity contribution >= 4 is 11.3 Å². The van der Waals surface area contributed by atoms with E-state index in [0.29, 0.717) is 0 Å². The maximum absolute atomic E-state index is 8.78. The number of aliphatic hydroxyl groups is 1. The molecule has 0 saturated carbocycles. The Morgan fingerprint density at radius 1 is 1.58 bits per heavy atom. The van der Waals surface area contributed by atoms with Gasteiger partial charge in [0.2, 0.25) is 5.13 Å². The second-order valence-electron chi connectivity index (χ2n) is 2.27. The minimum atomic E-state index is 0.0192. The van der Waals surface area contributed by atoms with Crippen LogP contribution in [-0.2, 0) is 6.61 Å². The van der Waals surface area contributed by atoms with Crippen molar-refractivity contribution in [2.45, 2.75) is 6.61 Å². The van der Waals surface area contributed by atoms with Crippen LogP contribution >= 0.6 is 11.3 Å². The number of aromatic nitrogens is 3. The SMILES string of the molecule is OCc1cnn(-c2nccs2)c1. The summed E-state index contributed by atoms with van der Waals surface area (Å²) in [5, 5.41) is 15.5. The first kappa shape index (κ1) is 7.45. The lowest BCUT2D eigenvalue weighted by Crippen LogP contribution is -1.91. The van der Waals surface area contributed by atoms with Crippen molar-refractivity contribution in [2.75, 3.05) is 0 Å². The zero-order valence-electron chi connectivity index (χ0n) is 6.21. The highest BCUT2D eigenvalue weighted by atomic mass is 32.1. The minimum Gasteiger partial charge on any atom is -0.392 e. The number of thiazole rings is 1. The third-order valence-corrected chi connectivity index (χ3v) is 2.19. The Bertz CT molecular complexity index is 354. The van der Waals surface area contributed by atoms with Crippen LogP contribution in [0.2, 0.25) is 0 Å². The fourth-order valence-corrected chi connectivity index (χ4v) is 1.45. The molecule has 0 bridgehead atoms. The van der Waals surface area contributed by atoms with Crippen molar-refractivity contribution in [3.63, 3.8) is 0 Å². The molecule has 0 fully saturated rings.